The van der Waals surface area contributed by atoms with Crippen LogP contribution < -0.4 is 5.32 Å². The van der Waals surface area contributed by atoms with Crippen LogP contribution >= 0.6 is 0 Å². The van der Waals surface area contributed by atoms with E-state index < -0.39 is 0 Å². The Labute approximate surface area is 108 Å². The Morgan fingerprint density at radius 1 is 1.39 bits per heavy atom. The molecule has 0 aliphatic carbocycles. The predicted octanol–water partition coefficient (Wildman–Crippen LogP) is 2.02. The second kappa shape index (κ2) is 5.78. The standard InChI is InChI=1S/C14H20N4/c1-11-5-4-6-12(9-11)7-8-13(15-2)14-10-16-17-18(14)3/h4-6,9-10,13,15H,7-8H2,1-3H3. The third kappa shape index (κ3) is 2.96. The maximum atomic E-state index is 3.98. The average Bonchev–Trinajstić information content (AvgIpc) is 2.77. The second-order valence-electron chi connectivity index (χ2n) is 4.65. The lowest BCUT2D eigenvalue weighted by molar-refractivity contribution is 0.505. The van der Waals surface area contributed by atoms with Gasteiger partial charge in [-0.2, -0.15) is 0 Å². The molecule has 0 aliphatic rings. The van der Waals surface area contributed by atoms with Gasteiger partial charge in [-0.1, -0.05) is 35.0 Å². The van der Waals surface area contributed by atoms with E-state index in [2.05, 4.69) is 46.8 Å². The minimum atomic E-state index is 0.297. The van der Waals surface area contributed by atoms with Crippen LogP contribution in [0.25, 0.3) is 0 Å². The molecule has 0 radical (unpaired) electrons. The van der Waals surface area contributed by atoms with Crippen LogP contribution in [-0.2, 0) is 13.5 Å². The van der Waals surface area contributed by atoms with Gasteiger partial charge in [0, 0.05) is 7.05 Å². The van der Waals surface area contributed by atoms with E-state index in [9.17, 15) is 0 Å². The smallest absolute Gasteiger partial charge is 0.0753 e. The minimum absolute atomic E-state index is 0.297. The summed E-state index contributed by atoms with van der Waals surface area (Å²) in [5.74, 6) is 0. The number of nitrogens with one attached hydrogen (secondary N) is 1. The van der Waals surface area contributed by atoms with Crippen molar-refractivity contribution in [1.82, 2.24) is 20.3 Å². The van der Waals surface area contributed by atoms with E-state index in [0.29, 0.717) is 6.04 Å². The van der Waals surface area contributed by atoms with Crippen molar-refractivity contribution in [1.29, 1.82) is 0 Å². The van der Waals surface area contributed by atoms with Crippen LogP contribution in [0.2, 0.25) is 0 Å². The second-order valence-corrected chi connectivity index (χ2v) is 4.65. The first-order valence-electron chi connectivity index (χ1n) is 6.28. The Bertz CT molecular complexity index is 504. The molecule has 2 aromatic rings. The number of rotatable bonds is 5. The highest BCUT2D eigenvalue weighted by atomic mass is 15.4. The molecule has 0 fully saturated rings. The van der Waals surface area contributed by atoms with Crippen molar-refractivity contribution < 1.29 is 0 Å². The van der Waals surface area contributed by atoms with Crippen molar-refractivity contribution in [3.63, 3.8) is 0 Å². The summed E-state index contributed by atoms with van der Waals surface area (Å²) in [4.78, 5) is 0. The summed E-state index contributed by atoms with van der Waals surface area (Å²) in [5.41, 5.74) is 3.83. The molecule has 0 spiro atoms. The Hall–Kier alpha value is -1.68. The summed E-state index contributed by atoms with van der Waals surface area (Å²) < 4.78 is 1.83. The first-order valence-corrected chi connectivity index (χ1v) is 6.28. The van der Waals surface area contributed by atoms with E-state index in [1.165, 1.54) is 11.1 Å². The highest BCUT2D eigenvalue weighted by Gasteiger charge is 2.13. The molecule has 1 aromatic carbocycles. The van der Waals surface area contributed by atoms with Gasteiger partial charge >= 0.3 is 0 Å². The molecule has 0 aliphatic heterocycles. The van der Waals surface area contributed by atoms with Crippen LogP contribution in [0.4, 0.5) is 0 Å². The van der Waals surface area contributed by atoms with E-state index in [0.717, 1.165) is 18.5 Å². The quantitative estimate of drug-likeness (QED) is 0.875. The third-order valence-corrected chi connectivity index (χ3v) is 3.26. The van der Waals surface area contributed by atoms with Crippen molar-refractivity contribution in [2.75, 3.05) is 7.05 Å². The summed E-state index contributed by atoms with van der Waals surface area (Å²) in [5, 5.41) is 11.2. The molecule has 1 aromatic heterocycles. The van der Waals surface area contributed by atoms with Crippen LogP contribution in [-0.4, -0.2) is 22.0 Å². The van der Waals surface area contributed by atoms with Gasteiger partial charge in [0.05, 0.1) is 17.9 Å². The normalized spacial score (nSPS) is 12.6. The van der Waals surface area contributed by atoms with Gasteiger partial charge in [-0.05, 0) is 32.4 Å². The molecule has 1 N–H and O–H groups in total. The van der Waals surface area contributed by atoms with Crippen molar-refractivity contribution in [3.05, 3.63) is 47.3 Å². The van der Waals surface area contributed by atoms with Crippen LogP contribution in [0.5, 0.6) is 0 Å². The van der Waals surface area contributed by atoms with Gasteiger partial charge in [-0.25, -0.2) is 0 Å². The molecule has 0 amide bonds. The Morgan fingerprint density at radius 3 is 2.83 bits per heavy atom. The Morgan fingerprint density at radius 2 is 2.22 bits per heavy atom. The van der Waals surface area contributed by atoms with Gasteiger partial charge in [0.1, 0.15) is 0 Å². The van der Waals surface area contributed by atoms with Crippen molar-refractivity contribution in [2.24, 2.45) is 7.05 Å². The topological polar surface area (TPSA) is 42.7 Å². The lowest BCUT2D eigenvalue weighted by atomic mass is 10.0. The van der Waals surface area contributed by atoms with Crippen LogP contribution in [0.1, 0.15) is 29.3 Å². The maximum absolute atomic E-state index is 3.98. The highest BCUT2D eigenvalue weighted by Crippen LogP contribution is 2.17. The highest BCUT2D eigenvalue weighted by molar-refractivity contribution is 5.22. The molecule has 0 bridgehead atoms. The molecule has 2 rings (SSSR count). The maximum Gasteiger partial charge on any atom is 0.0753 e. The largest absolute Gasteiger partial charge is 0.312 e. The van der Waals surface area contributed by atoms with Gasteiger partial charge in [0.25, 0.3) is 0 Å². The number of nitrogens with zero attached hydrogens (tertiary/aromatic N) is 3. The molecule has 0 saturated carbocycles. The number of hydrogen-bond donors (Lipinski definition) is 1. The fourth-order valence-corrected chi connectivity index (χ4v) is 2.23. The zero-order valence-electron chi connectivity index (χ0n) is 11.2. The van der Waals surface area contributed by atoms with Gasteiger partial charge in [-0.15, -0.1) is 5.10 Å². The van der Waals surface area contributed by atoms with Crippen LogP contribution in [0.15, 0.2) is 30.5 Å². The monoisotopic (exact) mass is 244 g/mol. The molecule has 1 unspecified atom stereocenters. The fraction of sp³-hybridized carbons (Fsp3) is 0.429. The van der Waals surface area contributed by atoms with Gasteiger partial charge in [0.2, 0.25) is 0 Å². The molecular weight excluding hydrogens is 224 g/mol. The van der Waals surface area contributed by atoms with E-state index in [1.54, 1.807) is 0 Å². The molecule has 96 valence electrons. The number of hydrogen-bond acceptors (Lipinski definition) is 3. The molecule has 1 heterocycles. The van der Waals surface area contributed by atoms with Crippen molar-refractivity contribution in [3.8, 4) is 0 Å². The molecular formula is C14H20N4. The number of aromatic nitrogens is 3. The Kier molecular flexibility index (Phi) is 4.10. The van der Waals surface area contributed by atoms with Gasteiger partial charge < -0.3 is 5.32 Å². The molecule has 4 heteroatoms. The van der Waals surface area contributed by atoms with E-state index in [-0.39, 0.29) is 0 Å². The zero-order chi connectivity index (χ0) is 13.0. The van der Waals surface area contributed by atoms with Crippen LogP contribution in [0, 0.1) is 6.92 Å². The third-order valence-electron chi connectivity index (χ3n) is 3.26. The minimum Gasteiger partial charge on any atom is -0.312 e. The number of benzene rings is 1. The molecule has 1 atom stereocenters. The Balaban J connectivity index is 2.02. The lowest BCUT2D eigenvalue weighted by Crippen LogP contribution is -2.20. The van der Waals surface area contributed by atoms with Gasteiger partial charge in [-0.3, -0.25) is 4.68 Å². The van der Waals surface area contributed by atoms with E-state index in [1.807, 2.05) is 25.0 Å². The van der Waals surface area contributed by atoms with Crippen LogP contribution in [0.3, 0.4) is 0 Å². The summed E-state index contributed by atoms with van der Waals surface area (Å²) in [6, 6.07) is 8.97. The van der Waals surface area contributed by atoms with E-state index >= 15 is 0 Å². The van der Waals surface area contributed by atoms with E-state index in [4.69, 9.17) is 0 Å². The summed E-state index contributed by atoms with van der Waals surface area (Å²) in [6.07, 6.45) is 3.93. The first kappa shape index (κ1) is 12.8. The zero-order valence-corrected chi connectivity index (χ0v) is 11.2. The van der Waals surface area contributed by atoms with Crippen molar-refractivity contribution in [2.45, 2.75) is 25.8 Å². The fourth-order valence-electron chi connectivity index (χ4n) is 2.23. The average molecular weight is 244 g/mol. The molecule has 18 heavy (non-hydrogen) atoms. The molecule has 4 nitrogen and oxygen atoms in total. The summed E-state index contributed by atoms with van der Waals surface area (Å²) in [6.45, 7) is 2.13. The lowest BCUT2D eigenvalue weighted by Gasteiger charge is -2.15. The van der Waals surface area contributed by atoms with Gasteiger partial charge in [0.15, 0.2) is 0 Å². The summed E-state index contributed by atoms with van der Waals surface area (Å²) in [7, 11) is 3.91. The predicted molar refractivity (Wildman–Crippen MR) is 72.3 cm³/mol. The summed E-state index contributed by atoms with van der Waals surface area (Å²) >= 11 is 0. The number of aryl methyl sites for hydroxylation is 3. The molecule has 0 saturated heterocycles. The van der Waals surface area contributed by atoms with Crippen molar-refractivity contribution >= 4 is 0 Å². The first-order chi connectivity index (χ1) is 8.70. The SMILES string of the molecule is CNC(CCc1cccc(C)c1)c1cnnn1C.